The van der Waals surface area contributed by atoms with E-state index in [-0.39, 0.29) is 23.0 Å². The van der Waals surface area contributed by atoms with Gasteiger partial charge in [-0.25, -0.2) is 0 Å². The van der Waals surface area contributed by atoms with Crippen molar-refractivity contribution in [1.29, 1.82) is 0 Å². The summed E-state index contributed by atoms with van der Waals surface area (Å²) >= 11 is 0. The van der Waals surface area contributed by atoms with Crippen LogP contribution in [0.5, 0.6) is 0 Å². The number of carbonyl (C=O) groups is 1. The van der Waals surface area contributed by atoms with Crippen molar-refractivity contribution in [3.05, 3.63) is 0 Å². The van der Waals surface area contributed by atoms with Gasteiger partial charge in [0.05, 0.1) is 20.1 Å². The number of esters is 1. The maximum absolute atomic E-state index is 11.6. The molecule has 0 spiro atoms. The quantitative estimate of drug-likeness (QED) is 0.171. The topological polar surface area (TPSA) is 26.3 Å². The third-order valence-corrected chi connectivity index (χ3v) is 5.45. The summed E-state index contributed by atoms with van der Waals surface area (Å²) in [5.41, 5.74) is 0. The van der Waals surface area contributed by atoms with Crippen LogP contribution in [-0.4, -0.2) is 43.7 Å². The molecule has 0 atom stereocenters. The highest BCUT2D eigenvalue weighted by atomic mass is 79.9. The predicted octanol–water partition coefficient (Wildman–Crippen LogP) is 3.50. The van der Waals surface area contributed by atoms with Gasteiger partial charge in [0.2, 0.25) is 0 Å². The van der Waals surface area contributed by atoms with Gasteiger partial charge in [-0.05, 0) is 32.1 Å². The first-order chi connectivity index (χ1) is 12.6. The van der Waals surface area contributed by atoms with Crippen molar-refractivity contribution >= 4 is 5.97 Å². The van der Waals surface area contributed by atoms with Crippen LogP contribution < -0.4 is 17.0 Å². The molecule has 27 heavy (non-hydrogen) atoms. The third-order valence-electron chi connectivity index (χ3n) is 5.45. The number of carbonyl (C=O) groups excluding carboxylic acids is 1. The van der Waals surface area contributed by atoms with Crippen LogP contribution >= 0.6 is 0 Å². The maximum atomic E-state index is 11.6. The Morgan fingerprint density at radius 2 is 1.11 bits per heavy atom. The van der Waals surface area contributed by atoms with Crippen molar-refractivity contribution in [2.45, 2.75) is 111 Å². The summed E-state index contributed by atoms with van der Waals surface area (Å²) in [6, 6.07) is 0. The zero-order chi connectivity index (χ0) is 19.5. The summed E-state index contributed by atoms with van der Waals surface area (Å²) < 4.78 is 6.51. The Hall–Kier alpha value is -0.0900. The molecule has 0 saturated heterocycles. The predicted molar refractivity (Wildman–Crippen MR) is 113 cm³/mol. The number of rotatable bonds is 19. The molecule has 0 fully saturated rings. The van der Waals surface area contributed by atoms with Gasteiger partial charge in [-0.2, -0.15) is 0 Å². The zero-order valence-corrected chi connectivity index (χ0v) is 20.5. The number of quaternary nitrogens is 1. The van der Waals surface area contributed by atoms with E-state index in [0.29, 0.717) is 13.0 Å². The summed E-state index contributed by atoms with van der Waals surface area (Å²) in [4.78, 5) is 11.6. The normalized spacial score (nSPS) is 11.3. The molecular weight excluding hydrogens is 402 g/mol. The van der Waals surface area contributed by atoms with Crippen LogP contribution in [0, 0.1) is 0 Å². The molecule has 3 nitrogen and oxygen atoms in total. The van der Waals surface area contributed by atoms with E-state index < -0.39 is 0 Å². The van der Waals surface area contributed by atoms with Gasteiger partial charge in [0, 0.05) is 6.42 Å². The van der Waals surface area contributed by atoms with E-state index >= 15 is 0 Å². The number of halogens is 1. The van der Waals surface area contributed by atoms with Gasteiger partial charge in [-0.3, -0.25) is 4.79 Å². The Balaban J connectivity index is 0. The SMILES string of the molecule is CCCCCCCC[N+](C)(CCCCCCCC)CCOC(=O)CCC.[Br-]. The second-order valence-electron chi connectivity index (χ2n) is 8.30. The van der Waals surface area contributed by atoms with E-state index in [1.54, 1.807) is 0 Å². The van der Waals surface area contributed by atoms with Gasteiger partial charge in [0.15, 0.2) is 0 Å². The number of likely N-dealkylation sites (N-methyl/N-ethyl adjacent to an activating group) is 1. The molecule has 0 aromatic heterocycles. The average Bonchev–Trinajstić information content (AvgIpc) is 2.61. The van der Waals surface area contributed by atoms with E-state index in [1.165, 1.54) is 90.1 Å². The van der Waals surface area contributed by atoms with Crippen LogP contribution in [0.3, 0.4) is 0 Å². The average molecular weight is 451 g/mol. The van der Waals surface area contributed by atoms with Crippen molar-refractivity contribution in [3.63, 3.8) is 0 Å². The minimum Gasteiger partial charge on any atom is -1.00 e. The first-order valence-electron chi connectivity index (χ1n) is 11.6. The van der Waals surface area contributed by atoms with Crippen LogP contribution in [0.1, 0.15) is 111 Å². The molecule has 0 amide bonds. The lowest BCUT2D eigenvalue weighted by molar-refractivity contribution is -0.910. The minimum absolute atomic E-state index is 0. The second kappa shape index (κ2) is 20.6. The van der Waals surface area contributed by atoms with Crippen LogP contribution in [0.15, 0.2) is 0 Å². The fourth-order valence-electron chi connectivity index (χ4n) is 3.54. The highest BCUT2D eigenvalue weighted by Gasteiger charge is 2.21. The molecule has 0 unspecified atom stereocenters. The second-order valence-corrected chi connectivity index (χ2v) is 8.30. The van der Waals surface area contributed by atoms with E-state index in [0.717, 1.165) is 17.4 Å². The molecule has 4 heteroatoms. The maximum Gasteiger partial charge on any atom is 0.305 e. The Morgan fingerprint density at radius 1 is 0.667 bits per heavy atom. The number of nitrogens with zero attached hydrogens (tertiary/aromatic N) is 1. The molecule has 164 valence electrons. The highest BCUT2D eigenvalue weighted by molar-refractivity contribution is 5.69. The van der Waals surface area contributed by atoms with Crippen LogP contribution in [0.25, 0.3) is 0 Å². The molecule has 0 heterocycles. The summed E-state index contributed by atoms with van der Waals surface area (Å²) in [6.07, 6.45) is 17.6. The number of ether oxygens (including phenoxy) is 1. The minimum atomic E-state index is -0.0295. The van der Waals surface area contributed by atoms with Crippen molar-refractivity contribution in [2.75, 3.05) is 33.3 Å². The van der Waals surface area contributed by atoms with Crippen molar-refractivity contribution in [1.82, 2.24) is 0 Å². The molecule has 0 bridgehead atoms. The third kappa shape index (κ3) is 19.0. The van der Waals surface area contributed by atoms with Gasteiger partial charge in [-0.15, -0.1) is 0 Å². The molecule has 0 aliphatic heterocycles. The van der Waals surface area contributed by atoms with Gasteiger partial charge < -0.3 is 26.2 Å². The lowest BCUT2D eigenvalue weighted by atomic mass is 10.1. The number of hydrogen-bond acceptors (Lipinski definition) is 2. The van der Waals surface area contributed by atoms with Crippen LogP contribution in [0.4, 0.5) is 0 Å². The standard InChI is InChI=1S/C23H48NO2.BrH/c1-5-8-10-12-14-16-19-24(4,20-17-15-13-11-9-6-2)21-22-26-23(25)18-7-3;/h5-22H2,1-4H3;1H/q+1;/p-1. The molecule has 0 N–H and O–H groups in total. The first-order valence-corrected chi connectivity index (χ1v) is 11.6. The largest absolute Gasteiger partial charge is 1.00 e. The highest BCUT2D eigenvalue weighted by Crippen LogP contribution is 2.14. The summed E-state index contributed by atoms with van der Waals surface area (Å²) in [5, 5.41) is 0. The van der Waals surface area contributed by atoms with Gasteiger partial charge in [-0.1, -0.05) is 72.1 Å². The van der Waals surface area contributed by atoms with E-state index in [9.17, 15) is 4.79 Å². The Bertz CT molecular complexity index is 308. The number of hydrogen-bond donors (Lipinski definition) is 0. The van der Waals surface area contributed by atoms with Crippen molar-refractivity contribution < 1.29 is 31.0 Å². The van der Waals surface area contributed by atoms with E-state index in [1.807, 2.05) is 6.92 Å². The van der Waals surface area contributed by atoms with Gasteiger partial charge in [0.1, 0.15) is 13.2 Å². The van der Waals surface area contributed by atoms with Crippen LogP contribution in [-0.2, 0) is 9.53 Å². The molecule has 0 aromatic carbocycles. The van der Waals surface area contributed by atoms with E-state index in [2.05, 4.69) is 20.9 Å². The Labute approximate surface area is 181 Å². The molecule has 0 radical (unpaired) electrons. The number of unbranched alkanes of at least 4 members (excludes halogenated alkanes) is 10. The molecule has 0 saturated carbocycles. The fraction of sp³-hybridized carbons (Fsp3) is 0.957. The lowest BCUT2D eigenvalue weighted by Gasteiger charge is -2.34. The summed E-state index contributed by atoms with van der Waals surface area (Å²) in [5.74, 6) is -0.0295. The summed E-state index contributed by atoms with van der Waals surface area (Å²) in [6.45, 7) is 10.6. The van der Waals surface area contributed by atoms with Crippen LogP contribution in [0.2, 0.25) is 0 Å². The van der Waals surface area contributed by atoms with Gasteiger partial charge in [0.25, 0.3) is 0 Å². The molecular formula is C23H48BrNO2. The molecule has 0 rings (SSSR count). The van der Waals surface area contributed by atoms with Crippen molar-refractivity contribution in [2.24, 2.45) is 0 Å². The zero-order valence-electron chi connectivity index (χ0n) is 18.9. The molecule has 0 aliphatic carbocycles. The monoisotopic (exact) mass is 449 g/mol. The Morgan fingerprint density at radius 3 is 1.56 bits per heavy atom. The lowest BCUT2D eigenvalue weighted by Crippen LogP contribution is -3.00. The first kappa shape index (κ1) is 29.1. The van der Waals surface area contributed by atoms with Gasteiger partial charge >= 0.3 is 5.97 Å². The smallest absolute Gasteiger partial charge is 0.305 e. The molecule has 0 aliphatic rings. The molecule has 0 aromatic rings. The fourth-order valence-corrected chi connectivity index (χ4v) is 3.54. The van der Waals surface area contributed by atoms with E-state index in [4.69, 9.17) is 4.74 Å². The van der Waals surface area contributed by atoms with Crippen molar-refractivity contribution in [3.8, 4) is 0 Å². The summed E-state index contributed by atoms with van der Waals surface area (Å²) in [7, 11) is 2.37. The Kier molecular flexibility index (Phi) is 22.3.